The number of anilines is 4. The van der Waals surface area contributed by atoms with Crippen molar-refractivity contribution in [1.82, 2.24) is 59.5 Å². The number of carbonyl (C=O) groups excluding carboxylic acids is 1. The quantitative estimate of drug-likeness (QED) is 0.0751. The van der Waals surface area contributed by atoms with Crippen molar-refractivity contribution in [3.05, 3.63) is 121 Å². The number of rotatable bonds is 13. The molecule has 6 aromatic heterocycles. The number of pyridine rings is 2. The van der Waals surface area contributed by atoms with Crippen molar-refractivity contribution in [2.75, 3.05) is 82.8 Å². The Labute approximate surface area is 411 Å². The predicted octanol–water partition coefficient (Wildman–Crippen LogP) is 7.85. The SMILES string of the molecule is O=C(c1cc2cc(Nc3nccc(-c4ccc(-c5cc(-c6ccccn6)nc(Nc6ccc7[nH]c(C(O)N8CCC(CN9CCOCC9)CC8)cc7c6)n5)cn4)n3)ccc2[nH]1)N1CCC(N2CCCC2)C1. The van der Waals surface area contributed by atoms with Gasteiger partial charge in [-0.15, -0.1) is 0 Å². The van der Waals surface area contributed by atoms with Gasteiger partial charge >= 0.3 is 0 Å². The molecule has 4 aliphatic heterocycles. The molecule has 0 spiro atoms. The van der Waals surface area contributed by atoms with Crippen molar-refractivity contribution in [3.63, 3.8) is 0 Å². The maximum atomic E-state index is 13.5. The predicted molar refractivity (Wildman–Crippen MR) is 274 cm³/mol. The fourth-order valence-corrected chi connectivity index (χ4v) is 10.7. The van der Waals surface area contributed by atoms with Crippen LogP contribution in [0.2, 0.25) is 0 Å². The van der Waals surface area contributed by atoms with Gasteiger partial charge < -0.3 is 35.3 Å². The van der Waals surface area contributed by atoms with Crippen LogP contribution in [0.3, 0.4) is 0 Å². The lowest BCUT2D eigenvalue weighted by Gasteiger charge is -2.37. The summed E-state index contributed by atoms with van der Waals surface area (Å²) in [6.45, 7) is 10.4. The largest absolute Gasteiger partial charge is 0.379 e. The first kappa shape index (κ1) is 45.0. The van der Waals surface area contributed by atoms with Gasteiger partial charge in [0.2, 0.25) is 11.9 Å². The Kier molecular flexibility index (Phi) is 12.6. The number of aromatic nitrogens is 8. The van der Waals surface area contributed by atoms with Gasteiger partial charge in [0.25, 0.3) is 5.91 Å². The smallest absolute Gasteiger partial charge is 0.270 e. The minimum Gasteiger partial charge on any atom is -0.379 e. The molecule has 0 bridgehead atoms. The molecule has 10 heterocycles. The lowest BCUT2D eigenvalue weighted by Crippen LogP contribution is -2.43. The second kappa shape index (κ2) is 19.9. The monoisotopic (exact) mass is 950 g/mol. The number of nitrogens with one attached hydrogen (secondary N) is 4. The maximum Gasteiger partial charge on any atom is 0.270 e. The van der Waals surface area contributed by atoms with Crippen molar-refractivity contribution in [2.45, 2.75) is 44.4 Å². The van der Waals surface area contributed by atoms with Crippen LogP contribution in [-0.4, -0.2) is 149 Å². The average molecular weight is 951 g/mol. The fourth-order valence-electron chi connectivity index (χ4n) is 10.7. The van der Waals surface area contributed by atoms with Gasteiger partial charge in [0, 0.05) is 109 Å². The number of aliphatic hydroxyl groups is 1. The lowest BCUT2D eigenvalue weighted by atomic mass is 9.95. The Bertz CT molecular complexity index is 3140. The second-order valence-corrected chi connectivity index (χ2v) is 19.3. The lowest BCUT2D eigenvalue weighted by molar-refractivity contribution is -0.0287. The van der Waals surface area contributed by atoms with Crippen LogP contribution < -0.4 is 10.6 Å². The molecule has 362 valence electrons. The highest BCUT2D eigenvalue weighted by Crippen LogP contribution is 2.32. The third kappa shape index (κ3) is 9.96. The Morgan fingerprint density at radius 3 is 2.20 bits per heavy atom. The molecule has 17 heteroatoms. The maximum absolute atomic E-state index is 13.5. The highest BCUT2D eigenvalue weighted by molar-refractivity contribution is 5.99. The number of likely N-dealkylation sites (tertiary alicyclic amines) is 3. The summed E-state index contributed by atoms with van der Waals surface area (Å²) in [7, 11) is 0. The Morgan fingerprint density at radius 2 is 1.42 bits per heavy atom. The topological polar surface area (TPSA) is 192 Å². The Balaban J connectivity index is 0.722. The molecule has 12 rings (SSSR count). The van der Waals surface area contributed by atoms with E-state index >= 15 is 0 Å². The summed E-state index contributed by atoms with van der Waals surface area (Å²) < 4.78 is 5.53. The number of aromatic amines is 2. The van der Waals surface area contributed by atoms with Crippen molar-refractivity contribution >= 4 is 51.0 Å². The third-order valence-electron chi connectivity index (χ3n) is 14.6. The van der Waals surface area contributed by atoms with E-state index in [-0.39, 0.29) is 5.91 Å². The Morgan fingerprint density at radius 1 is 0.676 bits per heavy atom. The molecule has 0 aliphatic carbocycles. The molecule has 0 saturated carbocycles. The number of ether oxygens (including phenoxy) is 1. The molecular weight excluding hydrogens is 893 g/mol. The number of morpholine rings is 1. The van der Waals surface area contributed by atoms with Gasteiger partial charge in [-0.3, -0.25) is 29.5 Å². The van der Waals surface area contributed by atoms with Gasteiger partial charge in [0.1, 0.15) is 11.9 Å². The minimum atomic E-state index is -0.704. The first-order chi connectivity index (χ1) is 34.9. The van der Waals surface area contributed by atoms with Crippen LogP contribution in [0.1, 0.15) is 54.5 Å². The number of aliphatic hydroxyl groups excluding tert-OH is 1. The van der Waals surface area contributed by atoms with Gasteiger partial charge in [0.05, 0.1) is 47.4 Å². The van der Waals surface area contributed by atoms with E-state index in [0.717, 1.165) is 136 Å². The zero-order valence-electron chi connectivity index (χ0n) is 39.7. The first-order valence-corrected chi connectivity index (χ1v) is 25.1. The van der Waals surface area contributed by atoms with Crippen LogP contribution in [0, 0.1) is 5.92 Å². The molecule has 4 fully saturated rings. The van der Waals surface area contributed by atoms with Crippen LogP contribution in [-0.2, 0) is 4.74 Å². The molecule has 1 amide bonds. The van der Waals surface area contributed by atoms with E-state index in [1.165, 1.54) is 12.8 Å². The standard InChI is InChI=1S/C54H58N14O3/c69-51(67-20-13-35(14-21-67)33-65-23-25-71-26-24-65)49-29-38-28-40(8-11-42(38)60-49)59-54-63-47(31-48(64-54)44-5-1-2-16-55-44)36-6-9-45(57-32-36)46-12-17-56-53(62-46)58-39-7-10-43-37(27-39)30-50(61-43)52(70)68-22-15-41(34-68)66-18-3-4-19-66/h1-2,5-12,16-17,27-32,35,41,51,60-61,69H,3-4,13-15,18-26,33-34H2,(H,56,58,62)(H,59,63,64). The van der Waals surface area contributed by atoms with E-state index in [0.29, 0.717) is 58.0 Å². The molecular formula is C54H58N14O3. The highest BCUT2D eigenvalue weighted by Gasteiger charge is 2.33. The summed E-state index contributed by atoms with van der Waals surface area (Å²) in [5.41, 5.74) is 9.02. The molecule has 17 nitrogen and oxygen atoms in total. The van der Waals surface area contributed by atoms with Crippen molar-refractivity contribution in [3.8, 4) is 34.0 Å². The number of fused-ring (bicyclic) bond motifs is 2. The summed E-state index contributed by atoms with van der Waals surface area (Å²) in [5, 5.41) is 20.2. The molecule has 71 heavy (non-hydrogen) atoms. The van der Waals surface area contributed by atoms with Crippen LogP contribution in [0.4, 0.5) is 23.3 Å². The summed E-state index contributed by atoms with van der Waals surface area (Å²) in [4.78, 5) is 58.1. The van der Waals surface area contributed by atoms with E-state index in [1.807, 2.05) is 95.9 Å². The van der Waals surface area contributed by atoms with E-state index in [2.05, 4.69) is 45.3 Å². The van der Waals surface area contributed by atoms with Crippen LogP contribution >= 0.6 is 0 Å². The summed E-state index contributed by atoms with van der Waals surface area (Å²) in [6, 6.07) is 29.8. The van der Waals surface area contributed by atoms with E-state index < -0.39 is 6.23 Å². The van der Waals surface area contributed by atoms with Gasteiger partial charge in [-0.05, 0) is 136 Å². The first-order valence-electron chi connectivity index (χ1n) is 25.1. The molecule has 5 N–H and O–H groups in total. The fraction of sp³-hybridized carbons (Fsp3) is 0.352. The highest BCUT2D eigenvalue weighted by atomic mass is 16.5. The number of carbonyl (C=O) groups is 1. The van der Waals surface area contributed by atoms with Gasteiger partial charge in [-0.1, -0.05) is 6.07 Å². The summed E-state index contributed by atoms with van der Waals surface area (Å²) in [6.07, 6.45) is 10.2. The normalized spacial score (nSPS) is 18.9. The third-order valence-corrected chi connectivity index (χ3v) is 14.6. The summed E-state index contributed by atoms with van der Waals surface area (Å²) in [5.74, 6) is 1.53. The Hall–Kier alpha value is -7.15. The zero-order chi connectivity index (χ0) is 47.7. The molecule has 2 atom stereocenters. The molecule has 4 saturated heterocycles. The number of benzene rings is 2. The molecule has 4 aliphatic rings. The number of nitrogens with zero attached hydrogens (tertiary/aromatic N) is 10. The number of hydrogen-bond donors (Lipinski definition) is 5. The van der Waals surface area contributed by atoms with Crippen molar-refractivity contribution in [2.24, 2.45) is 5.92 Å². The molecule has 2 aromatic carbocycles. The molecule has 0 radical (unpaired) electrons. The number of amides is 1. The van der Waals surface area contributed by atoms with E-state index in [9.17, 15) is 9.90 Å². The van der Waals surface area contributed by atoms with Crippen LogP contribution in [0.25, 0.3) is 55.8 Å². The summed E-state index contributed by atoms with van der Waals surface area (Å²) >= 11 is 0. The van der Waals surface area contributed by atoms with Gasteiger partial charge in [-0.2, -0.15) is 0 Å². The average Bonchev–Trinajstić information content (AvgIpc) is 4.27. The van der Waals surface area contributed by atoms with Gasteiger partial charge in [-0.25, -0.2) is 19.9 Å². The number of H-pyrrole nitrogens is 2. The minimum absolute atomic E-state index is 0.0523. The zero-order valence-corrected chi connectivity index (χ0v) is 39.7. The van der Waals surface area contributed by atoms with Crippen LogP contribution in [0.15, 0.2) is 110 Å². The van der Waals surface area contributed by atoms with Crippen molar-refractivity contribution in [1.29, 1.82) is 0 Å². The number of hydrogen-bond acceptors (Lipinski definition) is 14. The molecule has 2 unspecified atom stereocenters. The second-order valence-electron chi connectivity index (χ2n) is 19.3. The van der Waals surface area contributed by atoms with Gasteiger partial charge in [0.15, 0.2) is 0 Å². The number of piperidine rings is 1. The van der Waals surface area contributed by atoms with Crippen LogP contribution in [0.5, 0.6) is 0 Å². The van der Waals surface area contributed by atoms with E-state index in [1.54, 1.807) is 18.6 Å². The van der Waals surface area contributed by atoms with E-state index in [4.69, 9.17) is 24.7 Å². The van der Waals surface area contributed by atoms with Crippen molar-refractivity contribution < 1.29 is 14.6 Å². The molecule has 8 aromatic rings.